The number of rotatable bonds is 14. The zero-order valence-electron chi connectivity index (χ0n) is 21.4. The van der Waals surface area contributed by atoms with Gasteiger partial charge in [-0.15, -0.1) is 0 Å². The molecule has 1 saturated heterocycles. The lowest BCUT2D eigenvalue weighted by molar-refractivity contribution is -0.124. The van der Waals surface area contributed by atoms with Gasteiger partial charge in [-0.1, -0.05) is 33.9 Å². The number of hydrogen-bond donors (Lipinski definition) is 4. The smallest absolute Gasteiger partial charge is 0.258 e. The first kappa shape index (κ1) is 30.6. The van der Waals surface area contributed by atoms with Crippen molar-refractivity contribution in [3.63, 3.8) is 0 Å². The molecule has 0 aromatic carbocycles. The molecule has 11 nitrogen and oxygen atoms in total. The van der Waals surface area contributed by atoms with Crippen LogP contribution in [0.25, 0.3) is 0 Å². The highest BCUT2D eigenvalue weighted by Gasteiger charge is 2.39. The molecule has 1 amide bonds. The summed E-state index contributed by atoms with van der Waals surface area (Å²) in [5, 5.41) is 5.61. The molecule has 1 rings (SSSR count). The first-order valence-corrected chi connectivity index (χ1v) is 15.0. The fourth-order valence-corrected chi connectivity index (χ4v) is 4.50. The van der Waals surface area contributed by atoms with E-state index in [0.717, 1.165) is 12.0 Å². The van der Waals surface area contributed by atoms with Crippen molar-refractivity contribution < 1.29 is 27.3 Å². The first-order chi connectivity index (χ1) is 15.4. The molecule has 13 heteroatoms. The highest BCUT2D eigenvalue weighted by Crippen LogP contribution is 2.34. The van der Waals surface area contributed by atoms with Gasteiger partial charge in [0.1, 0.15) is 18.7 Å². The number of likely N-dealkylation sites (tertiary alicyclic amines) is 1. The van der Waals surface area contributed by atoms with Gasteiger partial charge in [0.2, 0.25) is 17.5 Å². The summed E-state index contributed by atoms with van der Waals surface area (Å²) in [5.74, 6) is -0.146. The molecule has 0 aromatic rings. The predicted octanol–water partition coefficient (Wildman–Crippen LogP) is 1.51. The van der Waals surface area contributed by atoms with Crippen LogP contribution in [0.1, 0.15) is 41.0 Å². The van der Waals surface area contributed by atoms with Crippen LogP contribution in [0.4, 0.5) is 0 Å². The summed E-state index contributed by atoms with van der Waals surface area (Å²) in [5.41, 5.74) is 5.80. The maximum atomic E-state index is 12.5. The second-order valence-corrected chi connectivity index (χ2v) is 13.7. The van der Waals surface area contributed by atoms with Crippen molar-refractivity contribution in [2.45, 2.75) is 58.7 Å². The molecule has 1 fully saturated rings. The summed E-state index contributed by atoms with van der Waals surface area (Å²) in [4.78, 5) is 14.6. The largest absolute Gasteiger partial charge is 0.374 e. The number of allylic oxidation sites excluding steroid dienone is 1. The first-order valence-electron chi connectivity index (χ1n) is 11.1. The fourth-order valence-electron chi connectivity index (χ4n) is 3.43. The van der Waals surface area contributed by atoms with Crippen molar-refractivity contribution in [3.05, 3.63) is 24.6 Å². The summed E-state index contributed by atoms with van der Waals surface area (Å²) < 4.78 is 48.0. The molecular weight excluding hydrogens is 481 g/mol. The van der Waals surface area contributed by atoms with Crippen molar-refractivity contribution in [1.29, 1.82) is 0 Å². The molecule has 0 aromatic heterocycles. The van der Waals surface area contributed by atoms with Crippen molar-refractivity contribution in [2.24, 2.45) is 17.3 Å². The van der Waals surface area contributed by atoms with Gasteiger partial charge in [-0.05, 0) is 32.7 Å². The zero-order chi connectivity index (χ0) is 26.5. The van der Waals surface area contributed by atoms with E-state index in [2.05, 4.69) is 49.2 Å². The topological polar surface area (TPSA) is 152 Å². The lowest BCUT2D eigenvalue weighted by Gasteiger charge is -2.36. The molecule has 4 atom stereocenters. The van der Waals surface area contributed by atoms with Gasteiger partial charge >= 0.3 is 0 Å². The molecule has 198 valence electrons. The number of carbonyl (C=O) groups excluding carboxylic acids is 1. The van der Waals surface area contributed by atoms with E-state index in [4.69, 9.17) is 15.0 Å². The Morgan fingerprint density at radius 1 is 1.29 bits per heavy atom. The van der Waals surface area contributed by atoms with E-state index in [-0.39, 0.29) is 31.2 Å². The van der Waals surface area contributed by atoms with Crippen LogP contribution in [-0.4, -0.2) is 69.9 Å². The number of nitrogens with zero attached hydrogens (tertiary/aromatic N) is 1. The van der Waals surface area contributed by atoms with Crippen LogP contribution in [0, 0.1) is 11.8 Å². The van der Waals surface area contributed by atoms with E-state index < -0.39 is 28.9 Å². The van der Waals surface area contributed by atoms with Gasteiger partial charge in [0.05, 0.1) is 18.4 Å². The highest BCUT2D eigenvalue weighted by molar-refractivity contribution is 7.89. The number of amides is 1. The monoisotopic (exact) mass is 523 g/mol. The molecule has 0 bridgehead atoms. The average molecular weight is 524 g/mol. The van der Waals surface area contributed by atoms with Gasteiger partial charge in [0.25, 0.3) is 5.91 Å². The van der Waals surface area contributed by atoms with Gasteiger partial charge in [-0.2, -0.15) is 0 Å². The predicted molar refractivity (Wildman–Crippen MR) is 134 cm³/mol. The van der Waals surface area contributed by atoms with Gasteiger partial charge < -0.3 is 19.7 Å². The van der Waals surface area contributed by atoms with Gasteiger partial charge in [-0.25, -0.2) is 8.42 Å². The summed E-state index contributed by atoms with van der Waals surface area (Å²) in [6.07, 6.45) is 1.07. The Morgan fingerprint density at radius 2 is 1.88 bits per heavy atom. The Hall–Kier alpha value is -1.43. The second kappa shape index (κ2) is 12.0. The van der Waals surface area contributed by atoms with Crippen LogP contribution in [0.3, 0.4) is 0 Å². The number of hydrogen-bond acceptors (Lipinski definition) is 8. The quantitative estimate of drug-likeness (QED) is 0.150. The third kappa shape index (κ3) is 9.31. The molecule has 4 unspecified atom stereocenters. The molecule has 0 saturated carbocycles. The van der Waals surface area contributed by atoms with Gasteiger partial charge in [0.15, 0.2) is 0 Å². The highest BCUT2D eigenvalue weighted by atomic mass is 32.2. The maximum Gasteiger partial charge on any atom is 0.258 e. The average Bonchev–Trinajstić information content (AvgIpc) is 3.12. The zero-order valence-corrected chi connectivity index (χ0v) is 23.1. The third-order valence-corrected chi connectivity index (χ3v) is 7.81. The van der Waals surface area contributed by atoms with Crippen molar-refractivity contribution >= 4 is 23.4 Å². The lowest BCUT2D eigenvalue weighted by Crippen LogP contribution is -2.55. The molecule has 1 heterocycles. The van der Waals surface area contributed by atoms with Crippen LogP contribution in [0.2, 0.25) is 0 Å². The van der Waals surface area contributed by atoms with Crippen LogP contribution < -0.4 is 20.6 Å². The Kier molecular flexibility index (Phi) is 10.8. The minimum Gasteiger partial charge on any atom is -0.374 e. The normalized spacial score (nSPS) is 21.7. The van der Waals surface area contributed by atoms with Gasteiger partial charge in [-0.3, -0.25) is 24.7 Å². The van der Waals surface area contributed by atoms with E-state index in [0.29, 0.717) is 24.6 Å². The molecular formula is C21H42N5O6PS. The number of carbonyl (C=O) groups is 1. The van der Waals surface area contributed by atoms with E-state index in [1.165, 1.54) is 7.05 Å². The second-order valence-electron chi connectivity index (χ2n) is 9.67. The molecule has 1 aliphatic rings. The number of nitrogens with two attached hydrogens (primary N) is 1. The Bertz CT molecular complexity index is 907. The molecule has 34 heavy (non-hydrogen) atoms. The molecule has 5 N–H and O–H groups in total. The summed E-state index contributed by atoms with van der Waals surface area (Å²) in [6, 6.07) is -0.248. The summed E-state index contributed by atoms with van der Waals surface area (Å²) >= 11 is 0. The van der Waals surface area contributed by atoms with Crippen LogP contribution in [0.5, 0.6) is 0 Å². The van der Waals surface area contributed by atoms with E-state index in [9.17, 15) is 17.8 Å². The lowest BCUT2D eigenvalue weighted by atomic mass is 9.93. The summed E-state index contributed by atoms with van der Waals surface area (Å²) in [7, 11) is -5.24. The van der Waals surface area contributed by atoms with Crippen molar-refractivity contribution in [3.8, 4) is 0 Å². The molecule has 0 aliphatic carbocycles. The Labute approximate surface area is 204 Å². The molecule has 0 radical (unpaired) electrons. The Morgan fingerprint density at radius 3 is 2.38 bits per heavy atom. The Balaban J connectivity index is 2.95. The minimum atomic E-state index is -3.70. The number of nitrogens with one attached hydrogen (secondary N) is 3. The van der Waals surface area contributed by atoms with Crippen LogP contribution >= 0.6 is 7.44 Å². The van der Waals surface area contributed by atoms with E-state index in [1.54, 1.807) is 13.8 Å². The molecule has 1 aliphatic heterocycles. The third-order valence-electron chi connectivity index (χ3n) is 5.93. The van der Waals surface area contributed by atoms with Crippen LogP contribution in [-0.2, 0) is 28.9 Å². The number of ether oxygens (including phenoxy) is 2. The minimum absolute atomic E-state index is 0.0809. The number of sulfonamides is 1. The van der Waals surface area contributed by atoms with Crippen LogP contribution in [0.15, 0.2) is 24.6 Å². The SMILES string of the molecule is C=C(NC(C)(C)C(=O)NS(C)(=O)=O)C1CC(OCOCP(N)(=O)NC)CN1C(=C)C(C)C(C)C. The maximum absolute atomic E-state index is 12.5. The van der Waals surface area contributed by atoms with E-state index in [1.807, 2.05) is 4.72 Å². The van der Waals surface area contributed by atoms with Crippen molar-refractivity contribution in [1.82, 2.24) is 20.0 Å². The standard InChI is InChI=1S/C21H42N5O6PS/c1-14(2)15(3)17(5)26-11-18(32-12-31-13-33(22,28)23-8)10-19(26)16(4)24-21(6,7)20(27)25-34(9,29)30/h14-15,18-19,24H,4-5,10-13H2,1-3,6-9H3,(H,25,27)(H3,22,23,28). The molecule has 0 spiro atoms. The van der Waals surface area contributed by atoms with E-state index >= 15 is 0 Å². The van der Waals surface area contributed by atoms with Gasteiger partial charge in [0, 0.05) is 24.4 Å². The fraction of sp³-hybridized carbons (Fsp3) is 0.762. The van der Waals surface area contributed by atoms with Crippen molar-refractivity contribution in [2.75, 3.05) is 33.0 Å². The summed E-state index contributed by atoms with van der Waals surface area (Å²) in [6.45, 7) is 18.4.